The molecular weight excluding hydrogens is 302 g/mol. The molecule has 4 heteroatoms. The van der Waals surface area contributed by atoms with E-state index in [1.165, 1.54) is 0 Å². The summed E-state index contributed by atoms with van der Waals surface area (Å²) in [6.07, 6.45) is 3.33. The quantitative estimate of drug-likeness (QED) is 0.919. The van der Waals surface area contributed by atoms with Crippen LogP contribution in [0.3, 0.4) is 0 Å². The maximum Gasteiger partial charge on any atom is 0.310 e. The molecule has 0 aliphatic carbocycles. The highest BCUT2D eigenvalue weighted by molar-refractivity contribution is 5.84. The maximum absolute atomic E-state index is 12.5. The van der Waals surface area contributed by atoms with Gasteiger partial charge in [-0.3, -0.25) is 9.59 Å². The SMILES string of the molecule is O=C(O)C(/C=C/c1ccccc1)CC(=O)N1Cc2ccccc2C1. The van der Waals surface area contributed by atoms with E-state index in [1.807, 2.05) is 54.6 Å². The molecule has 1 aliphatic rings. The second-order valence-electron chi connectivity index (χ2n) is 5.94. The van der Waals surface area contributed by atoms with Crippen LogP contribution < -0.4 is 0 Å². The predicted octanol–water partition coefficient (Wildman–Crippen LogP) is 3.33. The average Bonchev–Trinajstić information content (AvgIpc) is 3.03. The number of carbonyl (C=O) groups excluding carboxylic acids is 1. The van der Waals surface area contributed by atoms with Crippen molar-refractivity contribution in [2.75, 3.05) is 0 Å². The first-order valence-corrected chi connectivity index (χ1v) is 7.94. The molecule has 1 amide bonds. The van der Waals surface area contributed by atoms with Crippen LogP contribution >= 0.6 is 0 Å². The zero-order valence-electron chi connectivity index (χ0n) is 13.3. The summed E-state index contributed by atoms with van der Waals surface area (Å²) < 4.78 is 0. The summed E-state index contributed by atoms with van der Waals surface area (Å²) in [5.41, 5.74) is 3.19. The van der Waals surface area contributed by atoms with E-state index in [0.717, 1.165) is 16.7 Å². The van der Waals surface area contributed by atoms with Crippen molar-refractivity contribution >= 4 is 18.0 Å². The Morgan fingerprint density at radius 2 is 1.58 bits per heavy atom. The lowest BCUT2D eigenvalue weighted by molar-refractivity contribution is -0.144. The molecule has 24 heavy (non-hydrogen) atoms. The van der Waals surface area contributed by atoms with Crippen LogP contribution in [0.2, 0.25) is 0 Å². The highest BCUT2D eigenvalue weighted by Crippen LogP contribution is 2.24. The number of carbonyl (C=O) groups is 2. The first-order valence-electron chi connectivity index (χ1n) is 7.94. The van der Waals surface area contributed by atoms with Crippen LogP contribution in [-0.2, 0) is 22.7 Å². The Morgan fingerprint density at radius 3 is 2.17 bits per heavy atom. The van der Waals surface area contributed by atoms with E-state index in [2.05, 4.69) is 0 Å². The van der Waals surface area contributed by atoms with E-state index in [0.29, 0.717) is 13.1 Å². The van der Waals surface area contributed by atoms with Crippen LogP contribution in [0.5, 0.6) is 0 Å². The van der Waals surface area contributed by atoms with Gasteiger partial charge in [-0.1, -0.05) is 66.7 Å². The van der Waals surface area contributed by atoms with Crippen molar-refractivity contribution in [2.45, 2.75) is 19.5 Å². The normalized spacial score (nSPS) is 14.6. The van der Waals surface area contributed by atoms with Gasteiger partial charge >= 0.3 is 5.97 Å². The average molecular weight is 321 g/mol. The molecule has 1 unspecified atom stereocenters. The van der Waals surface area contributed by atoms with Gasteiger partial charge in [0.1, 0.15) is 0 Å². The van der Waals surface area contributed by atoms with Crippen LogP contribution in [0, 0.1) is 5.92 Å². The maximum atomic E-state index is 12.5. The third-order valence-corrected chi connectivity index (χ3v) is 4.23. The minimum absolute atomic E-state index is 0.0212. The number of aliphatic carboxylic acids is 1. The molecule has 0 saturated heterocycles. The van der Waals surface area contributed by atoms with Gasteiger partial charge in [0.15, 0.2) is 0 Å². The molecule has 0 aromatic heterocycles. The van der Waals surface area contributed by atoms with Crippen LogP contribution in [0.25, 0.3) is 6.08 Å². The number of hydrogen-bond acceptors (Lipinski definition) is 2. The summed E-state index contributed by atoms with van der Waals surface area (Å²) in [6.45, 7) is 1.12. The second kappa shape index (κ2) is 7.13. The first-order chi connectivity index (χ1) is 11.6. The van der Waals surface area contributed by atoms with Gasteiger partial charge in [0.25, 0.3) is 0 Å². The first kappa shape index (κ1) is 16.0. The van der Waals surface area contributed by atoms with Gasteiger partial charge in [-0.2, -0.15) is 0 Å². The zero-order valence-corrected chi connectivity index (χ0v) is 13.3. The fourth-order valence-corrected chi connectivity index (χ4v) is 2.86. The highest BCUT2D eigenvalue weighted by atomic mass is 16.4. The minimum Gasteiger partial charge on any atom is -0.481 e. The largest absolute Gasteiger partial charge is 0.481 e. The van der Waals surface area contributed by atoms with Crippen LogP contribution in [0.1, 0.15) is 23.1 Å². The molecule has 1 aliphatic heterocycles. The van der Waals surface area contributed by atoms with Gasteiger partial charge in [0, 0.05) is 19.5 Å². The lowest BCUT2D eigenvalue weighted by atomic mass is 10.0. The molecular formula is C20H19NO3. The lowest BCUT2D eigenvalue weighted by Gasteiger charge is -2.17. The second-order valence-corrected chi connectivity index (χ2v) is 5.94. The Kier molecular flexibility index (Phi) is 4.75. The molecule has 122 valence electrons. The number of amides is 1. The summed E-state index contributed by atoms with van der Waals surface area (Å²) in [5, 5.41) is 9.39. The number of nitrogens with zero attached hydrogens (tertiary/aromatic N) is 1. The van der Waals surface area contributed by atoms with E-state index >= 15 is 0 Å². The Morgan fingerprint density at radius 1 is 1.00 bits per heavy atom. The molecule has 0 spiro atoms. The van der Waals surface area contributed by atoms with Crippen molar-refractivity contribution < 1.29 is 14.7 Å². The fourth-order valence-electron chi connectivity index (χ4n) is 2.86. The Labute approximate surface area is 141 Å². The number of carboxylic acid groups (broad SMARTS) is 1. The van der Waals surface area contributed by atoms with Crippen molar-refractivity contribution in [1.29, 1.82) is 0 Å². The number of hydrogen-bond donors (Lipinski definition) is 1. The molecule has 1 heterocycles. The minimum atomic E-state index is -0.979. The van der Waals surface area contributed by atoms with Crippen molar-refractivity contribution in [3.8, 4) is 0 Å². The number of carboxylic acids is 1. The molecule has 0 bridgehead atoms. The molecule has 0 radical (unpaired) electrons. The summed E-state index contributed by atoms with van der Waals surface area (Å²) in [6, 6.07) is 17.4. The molecule has 1 N–H and O–H groups in total. The predicted molar refractivity (Wildman–Crippen MR) is 91.9 cm³/mol. The standard InChI is InChI=1S/C20H19NO3/c22-19(21-13-17-8-4-5-9-18(17)14-21)12-16(20(23)24)11-10-15-6-2-1-3-7-15/h1-11,16H,12-14H2,(H,23,24)/b11-10+. The van der Waals surface area contributed by atoms with Gasteiger partial charge in [-0.15, -0.1) is 0 Å². The molecule has 3 rings (SSSR count). The summed E-state index contributed by atoms with van der Waals surface area (Å²) in [7, 11) is 0. The number of fused-ring (bicyclic) bond motifs is 1. The summed E-state index contributed by atoms with van der Waals surface area (Å²) in [4.78, 5) is 25.7. The van der Waals surface area contributed by atoms with Crippen molar-refractivity contribution in [3.05, 3.63) is 77.4 Å². The molecule has 4 nitrogen and oxygen atoms in total. The summed E-state index contributed by atoms with van der Waals surface area (Å²) >= 11 is 0. The van der Waals surface area contributed by atoms with Gasteiger partial charge < -0.3 is 10.0 Å². The molecule has 0 saturated carbocycles. The van der Waals surface area contributed by atoms with Crippen molar-refractivity contribution in [3.63, 3.8) is 0 Å². The van der Waals surface area contributed by atoms with E-state index in [9.17, 15) is 14.7 Å². The van der Waals surface area contributed by atoms with E-state index < -0.39 is 11.9 Å². The molecule has 0 fully saturated rings. The van der Waals surface area contributed by atoms with E-state index in [1.54, 1.807) is 17.1 Å². The van der Waals surface area contributed by atoms with E-state index in [4.69, 9.17) is 0 Å². The Bertz CT molecular complexity index is 742. The third kappa shape index (κ3) is 3.71. The van der Waals surface area contributed by atoms with Crippen LogP contribution in [-0.4, -0.2) is 21.9 Å². The Hall–Kier alpha value is -2.88. The molecule has 2 aromatic rings. The van der Waals surface area contributed by atoms with Gasteiger partial charge in [0.05, 0.1) is 5.92 Å². The monoisotopic (exact) mass is 321 g/mol. The van der Waals surface area contributed by atoms with E-state index in [-0.39, 0.29) is 12.3 Å². The van der Waals surface area contributed by atoms with Gasteiger partial charge in [0.2, 0.25) is 5.91 Å². The third-order valence-electron chi connectivity index (χ3n) is 4.23. The lowest BCUT2D eigenvalue weighted by Crippen LogP contribution is -2.29. The topological polar surface area (TPSA) is 57.6 Å². The summed E-state index contributed by atoms with van der Waals surface area (Å²) in [5.74, 6) is -1.93. The van der Waals surface area contributed by atoms with Crippen LogP contribution in [0.4, 0.5) is 0 Å². The van der Waals surface area contributed by atoms with Crippen LogP contribution in [0.15, 0.2) is 60.7 Å². The fraction of sp³-hybridized carbons (Fsp3) is 0.200. The van der Waals surface area contributed by atoms with Crippen molar-refractivity contribution in [2.24, 2.45) is 5.92 Å². The Balaban J connectivity index is 1.65. The number of benzene rings is 2. The van der Waals surface area contributed by atoms with Gasteiger partial charge in [-0.25, -0.2) is 0 Å². The number of rotatable bonds is 5. The van der Waals surface area contributed by atoms with Gasteiger partial charge in [-0.05, 0) is 16.7 Å². The molecule has 2 aromatic carbocycles. The molecule has 1 atom stereocenters. The highest BCUT2D eigenvalue weighted by Gasteiger charge is 2.26. The van der Waals surface area contributed by atoms with Crippen molar-refractivity contribution in [1.82, 2.24) is 4.90 Å². The smallest absolute Gasteiger partial charge is 0.310 e. The zero-order chi connectivity index (χ0) is 16.9.